The van der Waals surface area contributed by atoms with Crippen molar-refractivity contribution in [3.05, 3.63) is 29.3 Å². The Hall–Kier alpha value is -1.06. The van der Waals surface area contributed by atoms with Crippen LogP contribution < -0.4 is 10.6 Å². The zero-order valence-electron chi connectivity index (χ0n) is 13.2. The molecule has 0 saturated heterocycles. The molecule has 1 aromatic carbocycles. The van der Waals surface area contributed by atoms with Crippen molar-refractivity contribution in [1.82, 2.24) is 4.90 Å². The first kappa shape index (κ1) is 15.3. The summed E-state index contributed by atoms with van der Waals surface area (Å²) in [4.78, 5) is 5.03. The predicted octanol–water partition coefficient (Wildman–Crippen LogP) is 2.80. The number of hydrogen-bond donors (Lipinski definition) is 1. The summed E-state index contributed by atoms with van der Waals surface area (Å²) in [6.45, 7) is 12.3. The molecule has 1 heterocycles. The van der Waals surface area contributed by atoms with Crippen molar-refractivity contribution in [3.8, 4) is 0 Å². The zero-order chi connectivity index (χ0) is 14.5. The minimum absolute atomic E-state index is 0.131. The van der Waals surface area contributed by atoms with E-state index in [1.165, 1.54) is 36.2 Å². The van der Waals surface area contributed by atoms with Gasteiger partial charge in [0.1, 0.15) is 0 Å². The van der Waals surface area contributed by atoms with Gasteiger partial charge in [0.25, 0.3) is 0 Å². The Morgan fingerprint density at radius 2 is 2.05 bits per heavy atom. The molecule has 0 bridgehead atoms. The predicted molar refractivity (Wildman–Crippen MR) is 87.4 cm³/mol. The molecule has 0 aliphatic carbocycles. The van der Waals surface area contributed by atoms with E-state index in [4.69, 9.17) is 5.73 Å². The van der Waals surface area contributed by atoms with Gasteiger partial charge in [0, 0.05) is 31.4 Å². The number of benzene rings is 1. The van der Waals surface area contributed by atoms with Crippen molar-refractivity contribution in [2.75, 3.05) is 37.6 Å². The summed E-state index contributed by atoms with van der Waals surface area (Å²) in [5, 5.41) is 0. The van der Waals surface area contributed by atoms with Crippen molar-refractivity contribution in [2.45, 2.75) is 39.7 Å². The molecular formula is C17H29N3. The first-order valence-corrected chi connectivity index (χ1v) is 8.01. The second kappa shape index (κ2) is 7.09. The minimum atomic E-state index is 0.131. The maximum atomic E-state index is 6.00. The molecule has 3 nitrogen and oxygen atoms in total. The molecule has 0 amide bonds. The second-order valence-corrected chi connectivity index (χ2v) is 5.79. The van der Waals surface area contributed by atoms with E-state index in [1.807, 2.05) is 0 Å². The monoisotopic (exact) mass is 275 g/mol. The Labute approximate surface area is 123 Å². The molecule has 0 saturated carbocycles. The van der Waals surface area contributed by atoms with Crippen LogP contribution in [-0.4, -0.2) is 37.6 Å². The highest BCUT2D eigenvalue weighted by Gasteiger charge is 2.18. The quantitative estimate of drug-likeness (QED) is 0.866. The molecule has 1 atom stereocenters. The highest BCUT2D eigenvalue weighted by atomic mass is 15.2. The molecule has 2 N–H and O–H groups in total. The van der Waals surface area contributed by atoms with Gasteiger partial charge in [-0.3, -0.25) is 0 Å². The van der Waals surface area contributed by atoms with Gasteiger partial charge in [0.15, 0.2) is 0 Å². The van der Waals surface area contributed by atoms with E-state index in [0.29, 0.717) is 0 Å². The number of fused-ring (bicyclic) bond motifs is 1. The number of hydrogen-bond acceptors (Lipinski definition) is 3. The van der Waals surface area contributed by atoms with Crippen molar-refractivity contribution < 1.29 is 0 Å². The summed E-state index contributed by atoms with van der Waals surface area (Å²) in [5.41, 5.74) is 10.2. The van der Waals surface area contributed by atoms with Crippen LogP contribution in [0.3, 0.4) is 0 Å². The van der Waals surface area contributed by atoms with Gasteiger partial charge in [-0.15, -0.1) is 0 Å². The third kappa shape index (κ3) is 3.53. The molecule has 1 aliphatic rings. The molecule has 0 fully saturated rings. The van der Waals surface area contributed by atoms with Crippen LogP contribution in [0.1, 0.15) is 44.4 Å². The maximum Gasteiger partial charge on any atom is 0.0399 e. The number of rotatable bonds is 6. The summed E-state index contributed by atoms with van der Waals surface area (Å²) >= 11 is 0. The summed E-state index contributed by atoms with van der Waals surface area (Å²) in [5.74, 6) is 0. The molecule has 3 heteroatoms. The van der Waals surface area contributed by atoms with Crippen LogP contribution in [0.25, 0.3) is 0 Å². The maximum absolute atomic E-state index is 6.00. The lowest BCUT2D eigenvalue weighted by Crippen LogP contribution is -2.37. The molecule has 1 unspecified atom stereocenters. The largest absolute Gasteiger partial charge is 0.370 e. The molecule has 1 aliphatic heterocycles. The van der Waals surface area contributed by atoms with Crippen LogP contribution in [0.5, 0.6) is 0 Å². The average molecular weight is 275 g/mol. The van der Waals surface area contributed by atoms with E-state index in [2.05, 4.69) is 48.8 Å². The van der Waals surface area contributed by atoms with Gasteiger partial charge < -0.3 is 15.5 Å². The number of aryl methyl sites for hydroxylation is 1. The van der Waals surface area contributed by atoms with E-state index in [1.54, 1.807) is 0 Å². The third-order valence-corrected chi connectivity index (χ3v) is 4.42. The Bertz CT molecular complexity index is 424. The van der Waals surface area contributed by atoms with Crippen LogP contribution in [0.15, 0.2) is 18.2 Å². The zero-order valence-corrected chi connectivity index (χ0v) is 13.2. The fourth-order valence-electron chi connectivity index (χ4n) is 3.01. The number of likely N-dealkylation sites (N-methyl/N-ethyl adjacent to an activating group) is 1. The standard InChI is InChI=1S/C17H29N3/c1-4-19(5-2)11-12-20-10-6-7-16-13-15(14(3)18)8-9-17(16)20/h8-9,13-14H,4-7,10-12,18H2,1-3H3. The highest BCUT2D eigenvalue weighted by molar-refractivity contribution is 5.57. The minimum Gasteiger partial charge on any atom is -0.370 e. The molecule has 2 rings (SSSR count). The number of nitrogens with zero attached hydrogens (tertiary/aromatic N) is 2. The summed E-state index contributed by atoms with van der Waals surface area (Å²) in [6, 6.07) is 6.91. The third-order valence-electron chi connectivity index (χ3n) is 4.42. The average Bonchev–Trinajstić information content (AvgIpc) is 2.47. The number of anilines is 1. The topological polar surface area (TPSA) is 32.5 Å². The van der Waals surface area contributed by atoms with Gasteiger partial charge in [0.2, 0.25) is 0 Å². The van der Waals surface area contributed by atoms with Gasteiger partial charge in [-0.1, -0.05) is 26.0 Å². The fraction of sp³-hybridized carbons (Fsp3) is 0.647. The molecule has 1 aromatic rings. The van der Waals surface area contributed by atoms with Gasteiger partial charge in [-0.05, 0) is 50.0 Å². The van der Waals surface area contributed by atoms with E-state index < -0.39 is 0 Å². The lowest BCUT2D eigenvalue weighted by atomic mass is 9.97. The van der Waals surface area contributed by atoms with E-state index in [-0.39, 0.29) is 6.04 Å². The first-order chi connectivity index (χ1) is 9.65. The van der Waals surface area contributed by atoms with Gasteiger partial charge >= 0.3 is 0 Å². The summed E-state index contributed by atoms with van der Waals surface area (Å²) < 4.78 is 0. The van der Waals surface area contributed by atoms with E-state index in [0.717, 1.165) is 26.2 Å². The lowest BCUT2D eigenvalue weighted by Gasteiger charge is -2.33. The van der Waals surface area contributed by atoms with Crippen molar-refractivity contribution in [2.24, 2.45) is 5.73 Å². The molecule has 112 valence electrons. The van der Waals surface area contributed by atoms with Gasteiger partial charge in [-0.2, -0.15) is 0 Å². The number of nitrogens with two attached hydrogens (primary N) is 1. The Morgan fingerprint density at radius 3 is 2.70 bits per heavy atom. The highest BCUT2D eigenvalue weighted by Crippen LogP contribution is 2.29. The lowest BCUT2D eigenvalue weighted by molar-refractivity contribution is 0.308. The van der Waals surface area contributed by atoms with Crippen LogP contribution in [0.4, 0.5) is 5.69 Å². The Balaban J connectivity index is 2.08. The first-order valence-electron chi connectivity index (χ1n) is 8.01. The summed E-state index contributed by atoms with van der Waals surface area (Å²) in [7, 11) is 0. The second-order valence-electron chi connectivity index (χ2n) is 5.79. The van der Waals surface area contributed by atoms with Crippen molar-refractivity contribution in [1.29, 1.82) is 0 Å². The van der Waals surface area contributed by atoms with Crippen LogP contribution in [0.2, 0.25) is 0 Å². The van der Waals surface area contributed by atoms with Crippen LogP contribution >= 0.6 is 0 Å². The van der Waals surface area contributed by atoms with E-state index in [9.17, 15) is 0 Å². The normalized spacial score (nSPS) is 16.4. The van der Waals surface area contributed by atoms with Crippen molar-refractivity contribution in [3.63, 3.8) is 0 Å². The molecule has 0 aromatic heterocycles. The molecule has 0 radical (unpaired) electrons. The van der Waals surface area contributed by atoms with Crippen molar-refractivity contribution >= 4 is 5.69 Å². The van der Waals surface area contributed by atoms with Gasteiger partial charge in [0.05, 0.1) is 0 Å². The van der Waals surface area contributed by atoms with Gasteiger partial charge in [-0.25, -0.2) is 0 Å². The SMILES string of the molecule is CCN(CC)CCN1CCCc2cc(C(C)N)ccc21. The van der Waals surface area contributed by atoms with E-state index >= 15 is 0 Å². The summed E-state index contributed by atoms with van der Waals surface area (Å²) in [6.07, 6.45) is 2.45. The molecule has 0 spiro atoms. The molecular weight excluding hydrogens is 246 g/mol. The fourth-order valence-corrected chi connectivity index (χ4v) is 3.01. The van der Waals surface area contributed by atoms with Crippen LogP contribution in [0, 0.1) is 0 Å². The Kier molecular flexibility index (Phi) is 5.44. The molecule has 20 heavy (non-hydrogen) atoms. The smallest absolute Gasteiger partial charge is 0.0399 e. The Morgan fingerprint density at radius 1 is 1.30 bits per heavy atom. The van der Waals surface area contributed by atoms with Crippen LogP contribution in [-0.2, 0) is 6.42 Å².